The molecule has 0 fully saturated rings. The van der Waals surface area contributed by atoms with E-state index in [0.29, 0.717) is 0 Å². The lowest BCUT2D eigenvalue weighted by molar-refractivity contribution is 5.58. The molecule has 0 aromatic rings. The van der Waals surface area contributed by atoms with Gasteiger partial charge in [0.2, 0.25) is 0 Å². The number of hydrogen-bond acceptors (Lipinski definition) is 0. The van der Waals surface area contributed by atoms with E-state index < -0.39 is 0 Å². The summed E-state index contributed by atoms with van der Waals surface area (Å²) in [6.07, 6.45) is 0. The van der Waals surface area contributed by atoms with E-state index in [1.165, 1.54) is 0 Å². The van der Waals surface area contributed by atoms with Crippen molar-refractivity contribution in [2.45, 2.75) is 0 Å². The van der Waals surface area contributed by atoms with Crippen LogP contribution in [-0.4, -0.2) is 0 Å². The first-order valence-electron chi connectivity index (χ1n) is 0.596. The maximum atomic E-state index is 3.22. The molecule has 0 aliphatic rings. The quantitative estimate of drug-likeness (QED) is 0.554. The maximum absolute atomic E-state index is 3.22. The van der Waals surface area contributed by atoms with Gasteiger partial charge in [0.1, 0.15) is 0 Å². The fraction of sp³-hybridized carbons (Fsp3) is 0. The molecule has 0 aliphatic heterocycles. The highest BCUT2D eigenvalue weighted by molar-refractivity contribution is 9.74. The molecule has 1 atom stereocenters. The third-order valence-electron chi connectivity index (χ3n) is 0. The lowest BCUT2D eigenvalue weighted by Gasteiger charge is -1.73. The van der Waals surface area contributed by atoms with Gasteiger partial charge in [0.15, 0.2) is 0 Å². The van der Waals surface area contributed by atoms with E-state index >= 15 is 0 Å². The van der Waals surface area contributed by atoms with Gasteiger partial charge in [0.25, 0.3) is 0 Å². The summed E-state index contributed by atoms with van der Waals surface area (Å²) < 4.78 is 0. The Morgan fingerprint density at radius 3 is 1.50 bits per heavy atom. The number of rotatable bonds is 0. The molecule has 0 spiro atoms. The van der Waals surface area contributed by atoms with Crippen LogP contribution >= 0.6 is 44.9 Å². The molecule has 0 aromatic carbocycles. The van der Waals surface area contributed by atoms with Gasteiger partial charge in [-0.1, -0.05) is 8.93 Å². The molecule has 1 unspecified atom stereocenters. The smallest absolute Gasteiger partial charge is 0.0523 e. The Labute approximate surface area is 45.1 Å². The Bertz CT molecular complexity index is 8.75. The molecule has 0 rings (SSSR count). The zero-order valence-corrected chi connectivity index (χ0v) is 7.00. The van der Waals surface area contributed by atoms with E-state index in [2.05, 4.69) is 39.9 Å². The van der Waals surface area contributed by atoms with E-state index in [1.807, 2.05) is 0 Å². The van der Waals surface area contributed by atoms with E-state index in [4.69, 9.17) is 0 Å². The van der Waals surface area contributed by atoms with Crippen LogP contribution in [0.25, 0.3) is 0 Å². The molecular weight excluding hydrogens is 222 g/mol. The molecule has 0 bridgehead atoms. The second kappa shape index (κ2) is 3.03. The predicted molar refractivity (Wildman–Crippen MR) is 34.5 cm³/mol. The Hall–Kier alpha value is 1.82. The van der Waals surface area contributed by atoms with Gasteiger partial charge >= 0.3 is 0 Å². The Morgan fingerprint density at radius 2 is 1.50 bits per heavy atom. The highest BCUT2D eigenvalue weighted by Crippen LogP contribution is 2.59. The third-order valence-corrected chi connectivity index (χ3v) is 0. The molecule has 0 N–H and O–H groups in total. The average molecular weight is 224 g/mol. The predicted octanol–water partition coefficient (Wildman–Crippen LogP) is 2.88. The van der Waals surface area contributed by atoms with Crippen molar-refractivity contribution >= 4 is 44.9 Å². The summed E-state index contributed by atoms with van der Waals surface area (Å²) in [4.78, 5) is 0. The summed E-state index contributed by atoms with van der Waals surface area (Å²) in [5, 5.41) is -0.0787. The van der Waals surface area contributed by atoms with Crippen molar-refractivity contribution in [2.75, 3.05) is 0 Å². The van der Waals surface area contributed by atoms with Crippen LogP contribution in [0.3, 0.4) is 0 Å². The zero-order valence-electron chi connectivity index (χ0n) is 1.78. The minimum atomic E-state index is -0.0787. The standard InChI is InChI=1S/Br2H2P2/c1-4(2)3/h3H2. The van der Waals surface area contributed by atoms with Crippen molar-refractivity contribution in [3.63, 3.8) is 0 Å². The second-order valence-corrected chi connectivity index (χ2v) is 14.3. The Kier molecular flexibility index (Phi) is 4.40. The largest absolute Gasteiger partial charge is 0.0884 e. The van der Waals surface area contributed by atoms with Crippen LogP contribution in [0, 0.1) is 0 Å². The molecule has 0 saturated heterocycles. The summed E-state index contributed by atoms with van der Waals surface area (Å²) in [6, 6.07) is 0. The lowest BCUT2D eigenvalue weighted by Crippen LogP contribution is -0.875. The molecule has 0 nitrogen and oxygen atoms in total. The Balaban J connectivity index is 2.32. The maximum Gasteiger partial charge on any atom is 0.0523 e. The first kappa shape index (κ1) is 5.82. The van der Waals surface area contributed by atoms with Gasteiger partial charge < -0.3 is 0 Å². The van der Waals surface area contributed by atoms with Gasteiger partial charge in [-0.2, -0.15) is 0 Å². The minimum Gasteiger partial charge on any atom is -0.0884 e. The first-order chi connectivity index (χ1) is 1.73. The van der Waals surface area contributed by atoms with E-state index in [-0.39, 0.29) is 5.02 Å². The molecule has 0 aromatic heterocycles. The van der Waals surface area contributed by atoms with Gasteiger partial charge in [-0.15, -0.1) is 0 Å². The normalized spacial score (nSPS) is 9.00. The highest BCUT2D eigenvalue weighted by Gasteiger charge is 1.73. The van der Waals surface area contributed by atoms with Crippen LogP contribution < -0.4 is 0 Å². The Morgan fingerprint density at radius 1 is 1.50 bits per heavy atom. The fourth-order valence-corrected chi connectivity index (χ4v) is 0. The topological polar surface area (TPSA) is 0 Å². The van der Waals surface area contributed by atoms with Crippen LogP contribution in [0.5, 0.6) is 0 Å². The average Bonchev–Trinajstić information content (AvgIpc) is 0.811. The molecule has 4 heteroatoms. The van der Waals surface area contributed by atoms with Crippen molar-refractivity contribution in [1.82, 2.24) is 0 Å². The van der Waals surface area contributed by atoms with Crippen LogP contribution in [0.15, 0.2) is 0 Å². The van der Waals surface area contributed by atoms with Crippen LogP contribution in [0.1, 0.15) is 0 Å². The molecule has 0 aliphatic carbocycles. The first-order valence-corrected chi connectivity index (χ1v) is 7.59. The number of halogens is 2. The molecule has 0 saturated carbocycles. The van der Waals surface area contributed by atoms with E-state index in [1.54, 1.807) is 0 Å². The zero-order chi connectivity index (χ0) is 3.58. The van der Waals surface area contributed by atoms with Crippen molar-refractivity contribution in [3.8, 4) is 0 Å². The second-order valence-electron chi connectivity index (χ2n) is 0.259. The summed E-state index contributed by atoms with van der Waals surface area (Å²) in [5.74, 6) is 0. The summed E-state index contributed by atoms with van der Waals surface area (Å²) in [6.45, 7) is 0. The van der Waals surface area contributed by atoms with Crippen LogP contribution in [-0.2, 0) is 0 Å². The van der Waals surface area contributed by atoms with E-state index in [0.717, 1.165) is 0 Å². The summed E-state index contributed by atoms with van der Waals surface area (Å²) in [7, 11) is 2.56. The van der Waals surface area contributed by atoms with Gasteiger partial charge in [-0.05, 0) is 31.0 Å². The summed E-state index contributed by atoms with van der Waals surface area (Å²) in [5.41, 5.74) is 0. The van der Waals surface area contributed by atoms with Gasteiger partial charge in [-0.3, -0.25) is 0 Å². The van der Waals surface area contributed by atoms with Crippen molar-refractivity contribution in [2.24, 2.45) is 0 Å². The van der Waals surface area contributed by atoms with Crippen LogP contribution in [0.2, 0.25) is 0 Å². The highest BCUT2D eigenvalue weighted by atomic mass is 79.9. The molecular formula is H2Br2P2. The van der Waals surface area contributed by atoms with Crippen LogP contribution in [0.4, 0.5) is 0 Å². The molecule has 0 radical (unpaired) electrons. The monoisotopic (exact) mass is 222 g/mol. The summed E-state index contributed by atoms with van der Waals surface area (Å²) >= 11 is 6.43. The number of hydrogen-bond donors (Lipinski definition) is 0. The SMILES string of the molecule is PP(Br)Br. The lowest BCUT2D eigenvalue weighted by atomic mass is 30.0. The third kappa shape index (κ3) is 9.17. The van der Waals surface area contributed by atoms with Gasteiger partial charge in [0.05, 0.1) is 5.02 Å². The fourth-order valence-electron chi connectivity index (χ4n) is 0. The van der Waals surface area contributed by atoms with E-state index in [9.17, 15) is 0 Å². The minimum absolute atomic E-state index is 0.0787. The molecule has 26 valence electrons. The van der Waals surface area contributed by atoms with Gasteiger partial charge in [-0.25, -0.2) is 0 Å². The van der Waals surface area contributed by atoms with Crippen molar-refractivity contribution in [3.05, 3.63) is 0 Å². The molecule has 0 amide bonds. The molecule has 4 heavy (non-hydrogen) atoms. The van der Waals surface area contributed by atoms with Crippen molar-refractivity contribution in [1.29, 1.82) is 0 Å². The molecule has 0 heterocycles. The van der Waals surface area contributed by atoms with Gasteiger partial charge in [0, 0.05) is 0 Å². The van der Waals surface area contributed by atoms with Crippen molar-refractivity contribution < 1.29 is 0 Å².